The highest BCUT2D eigenvalue weighted by atomic mass is 16.6. The number of amides is 2. The number of benzene rings is 1. The molecule has 1 atom stereocenters. The van der Waals surface area contributed by atoms with Crippen molar-refractivity contribution in [3.05, 3.63) is 57.8 Å². The highest BCUT2D eigenvalue weighted by Gasteiger charge is 2.39. The van der Waals surface area contributed by atoms with Crippen LogP contribution in [-0.2, 0) is 11.2 Å². The Bertz CT molecular complexity index is 798. The molecule has 23 heavy (non-hydrogen) atoms. The number of fused-ring (bicyclic) bond motifs is 1. The molecule has 0 bridgehead atoms. The number of nitro groups is 1. The predicted octanol–water partition coefficient (Wildman–Crippen LogP) is 1.51. The molecule has 0 radical (unpaired) electrons. The zero-order valence-electron chi connectivity index (χ0n) is 12.2. The summed E-state index contributed by atoms with van der Waals surface area (Å²) in [4.78, 5) is 36.1. The summed E-state index contributed by atoms with van der Waals surface area (Å²) in [7, 11) is 1.49. The van der Waals surface area contributed by atoms with Gasteiger partial charge in [0.2, 0.25) is 5.91 Å². The largest absolute Gasteiger partial charge is 0.433 e. The SMILES string of the molecule is CNC(=O)C1Cc2ccccc2N1C(=O)c1ccc([N+](=O)[O-])o1. The number of hydrogen-bond acceptors (Lipinski definition) is 5. The van der Waals surface area contributed by atoms with Crippen LogP contribution >= 0.6 is 0 Å². The maximum absolute atomic E-state index is 12.7. The third-order valence-electron chi connectivity index (χ3n) is 3.73. The molecule has 1 aliphatic heterocycles. The standard InChI is InChI=1S/C15H13N3O5/c1-16-14(19)11-8-9-4-2-3-5-10(9)17(11)15(20)12-6-7-13(23-12)18(21)22/h2-7,11H,8H2,1H3,(H,16,19). The van der Waals surface area contributed by atoms with Crippen molar-refractivity contribution < 1.29 is 18.9 Å². The number of likely N-dealkylation sites (N-methyl/N-ethyl adjacent to an activating group) is 1. The molecule has 0 fully saturated rings. The first kappa shape index (κ1) is 14.8. The van der Waals surface area contributed by atoms with Crippen LogP contribution in [0.1, 0.15) is 16.1 Å². The summed E-state index contributed by atoms with van der Waals surface area (Å²) in [5.74, 6) is -1.59. The molecule has 1 aromatic heterocycles. The number of carbonyl (C=O) groups is 2. The highest BCUT2D eigenvalue weighted by molar-refractivity contribution is 6.10. The molecule has 2 amide bonds. The number of anilines is 1. The molecule has 0 aliphatic carbocycles. The third-order valence-corrected chi connectivity index (χ3v) is 3.73. The van der Waals surface area contributed by atoms with Crippen molar-refractivity contribution in [1.82, 2.24) is 5.32 Å². The van der Waals surface area contributed by atoms with Gasteiger partial charge < -0.3 is 9.73 Å². The smallest absolute Gasteiger partial charge is 0.395 e. The van der Waals surface area contributed by atoms with Crippen LogP contribution in [-0.4, -0.2) is 29.8 Å². The topological polar surface area (TPSA) is 106 Å². The van der Waals surface area contributed by atoms with Crippen LogP contribution in [0.4, 0.5) is 11.6 Å². The van der Waals surface area contributed by atoms with Crippen molar-refractivity contribution in [3.63, 3.8) is 0 Å². The summed E-state index contributed by atoms with van der Waals surface area (Å²) in [6.07, 6.45) is 0.379. The normalized spacial score (nSPS) is 16.0. The number of rotatable bonds is 3. The van der Waals surface area contributed by atoms with E-state index in [0.29, 0.717) is 12.1 Å². The van der Waals surface area contributed by atoms with Crippen LogP contribution in [0, 0.1) is 10.1 Å². The summed E-state index contributed by atoms with van der Waals surface area (Å²) >= 11 is 0. The first-order valence-corrected chi connectivity index (χ1v) is 6.90. The lowest BCUT2D eigenvalue weighted by molar-refractivity contribution is -0.402. The second kappa shape index (κ2) is 5.56. The van der Waals surface area contributed by atoms with E-state index in [1.165, 1.54) is 18.0 Å². The molecule has 3 rings (SSSR count). The molecule has 8 nitrogen and oxygen atoms in total. The molecule has 0 saturated carbocycles. The zero-order chi connectivity index (χ0) is 16.6. The summed E-state index contributed by atoms with van der Waals surface area (Å²) in [5.41, 5.74) is 1.46. The minimum atomic E-state index is -0.717. The van der Waals surface area contributed by atoms with E-state index in [0.717, 1.165) is 11.6 Å². The van der Waals surface area contributed by atoms with E-state index >= 15 is 0 Å². The Morgan fingerprint density at radius 2 is 2.04 bits per heavy atom. The summed E-state index contributed by atoms with van der Waals surface area (Å²) in [5, 5.41) is 13.2. The van der Waals surface area contributed by atoms with E-state index in [1.807, 2.05) is 12.1 Å². The van der Waals surface area contributed by atoms with Crippen molar-refractivity contribution in [3.8, 4) is 0 Å². The number of nitrogens with zero attached hydrogens (tertiary/aromatic N) is 2. The fraction of sp³-hybridized carbons (Fsp3) is 0.200. The Morgan fingerprint density at radius 1 is 1.30 bits per heavy atom. The van der Waals surface area contributed by atoms with Gasteiger partial charge in [-0.25, -0.2) is 0 Å². The fourth-order valence-electron chi connectivity index (χ4n) is 2.67. The second-order valence-corrected chi connectivity index (χ2v) is 5.03. The maximum Gasteiger partial charge on any atom is 0.433 e. The Hall–Kier alpha value is -3.16. The van der Waals surface area contributed by atoms with Crippen molar-refractivity contribution >= 4 is 23.4 Å². The van der Waals surface area contributed by atoms with Gasteiger partial charge in [0.15, 0.2) is 5.76 Å². The number of hydrogen-bond donors (Lipinski definition) is 1. The minimum absolute atomic E-state index is 0.178. The van der Waals surface area contributed by atoms with E-state index in [2.05, 4.69) is 5.32 Å². The van der Waals surface area contributed by atoms with Gasteiger partial charge in [0.1, 0.15) is 11.0 Å². The average molecular weight is 315 g/mol. The number of para-hydroxylation sites is 1. The molecule has 2 aromatic rings. The van der Waals surface area contributed by atoms with Crippen LogP contribution in [0.3, 0.4) is 0 Å². The van der Waals surface area contributed by atoms with Gasteiger partial charge in [-0.1, -0.05) is 18.2 Å². The van der Waals surface area contributed by atoms with Crippen LogP contribution in [0.25, 0.3) is 0 Å². The lowest BCUT2D eigenvalue weighted by atomic mass is 10.1. The van der Waals surface area contributed by atoms with E-state index < -0.39 is 22.8 Å². The number of carbonyl (C=O) groups excluding carboxylic acids is 2. The van der Waals surface area contributed by atoms with Gasteiger partial charge in [0.25, 0.3) is 5.91 Å². The summed E-state index contributed by atoms with van der Waals surface area (Å²) < 4.78 is 4.97. The average Bonchev–Trinajstić information content (AvgIpc) is 3.18. The van der Waals surface area contributed by atoms with Crippen LogP contribution < -0.4 is 10.2 Å². The summed E-state index contributed by atoms with van der Waals surface area (Å²) in [6, 6.07) is 8.79. The van der Waals surface area contributed by atoms with Crippen LogP contribution in [0.15, 0.2) is 40.8 Å². The molecular formula is C15H13N3O5. The molecule has 0 saturated heterocycles. The molecule has 8 heteroatoms. The van der Waals surface area contributed by atoms with Crippen molar-refractivity contribution in [2.75, 3.05) is 11.9 Å². The highest BCUT2D eigenvalue weighted by Crippen LogP contribution is 2.34. The molecule has 2 heterocycles. The Labute approximate surface area is 130 Å². The molecule has 118 valence electrons. The van der Waals surface area contributed by atoms with Gasteiger partial charge in [-0.2, -0.15) is 0 Å². The lowest BCUT2D eigenvalue weighted by Gasteiger charge is -2.23. The molecule has 1 unspecified atom stereocenters. The van der Waals surface area contributed by atoms with E-state index in [4.69, 9.17) is 4.42 Å². The van der Waals surface area contributed by atoms with E-state index in [1.54, 1.807) is 12.1 Å². The molecular weight excluding hydrogens is 302 g/mol. The first-order chi connectivity index (χ1) is 11.0. The molecule has 1 aliphatic rings. The second-order valence-electron chi connectivity index (χ2n) is 5.03. The fourth-order valence-corrected chi connectivity index (χ4v) is 2.67. The zero-order valence-corrected chi connectivity index (χ0v) is 12.2. The Kier molecular flexibility index (Phi) is 3.57. The van der Waals surface area contributed by atoms with Crippen molar-refractivity contribution in [1.29, 1.82) is 0 Å². The maximum atomic E-state index is 12.7. The van der Waals surface area contributed by atoms with Crippen LogP contribution in [0.5, 0.6) is 0 Å². The molecule has 0 spiro atoms. The number of furan rings is 1. The Morgan fingerprint density at radius 3 is 2.70 bits per heavy atom. The lowest BCUT2D eigenvalue weighted by Crippen LogP contribution is -2.47. The van der Waals surface area contributed by atoms with Crippen LogP contribution in [0.2, 0.25) is 0 Å². The van der Waals surface area contributed by atoms with Gasteiger partial charge in [-0.3, -0.25) is 24.6 Å². The van der Waals surface area contributed by atoms with Gasteiger partial charge in [-0.05, 0) is 17.7 Å². The van der Waals surface area contributed by atoms with Gasteiger partial charge in [-0.15, -0.1) is 0 Å². The van der Waals surface area contributed by atoms with Crippen molar-refractivity contribution in [2.45, 2.75) is 12.5 Å². The van der Waals surface area contributed by atoms with Crippen molar-refractivity contribution in [2.24, 2.45) is 0 Å². The van der Waals surface area contributed by atoms with Gasteiger partial charge in [0.05, 0.1) is 6.07 Å². The first-order valence-electron chi connectivity index (χ1n) is 6.90. The predicted molar refractivity (Wildman–Crippen MR) is 80.2 cm³/mol. The summed E-state index contributed by atoms with van der Waals surface area (Å²) in [6.45, 7) is 0. The van der Waals surface area contributed by atoms with E-state index in [-0.39, 0.29) is 11.7 Å². The molecule has 1 N–H and O–H groups in total. The third kappa shape index (κ3) is 2.44. The van der Waals surface area contributed by atoms with Gasteiger partial charge >= 0.3 is 5.88 Å². The Balaban J connectivity index is 2.00. The quantitative estimate of drug-likeness (QED) is 0.682. The monoisotopic (exact) mass is 315 g/mol. The number of nitrogens with one attached hydrogen (secondary N) is 1. The van der Waals surface area contributed by atoms with E-state index in [9.17, 15) is 19.7 Å². The van der Waals surface area contributed by atoms with Gasteiger partial charge in [0, 0.05) is 19.2 Å². The molecule has 1 aromatic carbocycles. The minimum Gasteiger partial charge on any atom is -0.395 e.